The highest BCUT2D eigenvalue weighted by Crippen LogP contribution is 2.45. The number of ether oxygens (including phenoxy) is 1. The van der Waals surface area contributed by atoms with Crippen molar-refractivity contribution < 1.29 is 24.9 Å². The molecule has 1 aromatic carbocycles. The number of Topliss-reactive ketones (excluding diaryl/α,β-unsaturated/α-hetero) is 1. The van der Waals surface area contributed by atoms with Gasteiger partial charge in [0.05, 0.1) is 22.2 Å². The van der Waals surface area contributed by atoms with Crippen molar-refractivity contribution in [3.05, 3.63) is 32.4 Å². The molecule has 9 heteroatoms. The quantitative estimate of drug-likeness (QED) is 0.583. The smallest absolute Gasteiger partial charge is 0.166 e. The standard InChI is InChI=1S/C16H16Cl3NO5/c1-2-7(22)10-9-6(20-16(10)19)3-5(17)12(18)11(9)15-14(24)13(23)8(4-21)25-15/h3,8,13-15,20-21,23-24H,2,4H2,1H3/t8-,13-,14-,15+/m1/s1. The minimum Gasteiger partial charge on any atom is -0.394 e. The van der Waals surface area contributed by atoms with Crippen LogP contribution >= 0.6 is 34.8 Å². The third-order valence-corrected chi connectivity index (χ3v) is 5.48. The van der Waals surface area contributed by atoms with E-state index in [9.17, 15) is 20.1 Å². The van der Waals surface area contributed by atoms with Crippen LogP contribution in [0.15, 0.2) is 6.07 Å². The summed E-state index contributed by atoms with van der Waals surface area (Å²) in [4.78, 5) is 15.2. The first-order chi connectivity index (χ1) is 11.8. The normalized spacial score (nSPS) is 26.5. The third kappa shape index (κ3) is 2.96. The molecule has 25 heavy (non-hydrogen) atoms. The Morgan fingerprint density at radius 1 is 1.28 bits per heavy atom. The highest BCUT2D eigenvalue weighted by atomic mass is 35.5. The number of carbonyl (C=O) groups excluding carboxylic acids is 1. The van der Waals surface area contributed by atoms with Crippen molar-refractivity contribution in [3.8, 4) is 0 Å². The minimum atomic E-state index is -1.35. The first-order valence-corrected chi connectivity index (χ1v) is 8.79. The number of nitrogens with one attached hydrogen (secondary N) is 1. The van der Waals surface area contributed by atoms with Crippen LogP contribution in [0.4, 0.5) is 0 Å². The molecule has 0 saturated carbocycles. The highest BCUT2D eigenvalue weighted by Gasteiger charge is 2.45. The summed E-state index contributed by atoms with van der Waals surface area (Å²) in [5.41, 5.74) is 0.945. The van der Waals surface area contributed by atoms with E-state index in [0.717, 1.165) is 0 Å². The number of hydrogen-bond donors (Lipinski definition) is 4. The van der Waals surface area contributed by atoms with E-state index in [1.807, 2.05) is 0 Å². The van der Waals surface area contributed by atoms with Gasteiger partial charge >= 0.3 is 0 Å². The third-order valence-electron chi connectivity index (χ3n) is 4.40. The van der Waals surface area contributed by atoms with Crippen LogP contribution in [0.1, 0.15) is 35.4 Å². The number of aliphatic hydroxyl groups is 3. The topological polar surface area (TPSA) is 103 Å². The number of ketones is 1. The Morgan fingerprint density at radius 3 is 2.52 bits per heavy atom. The number of aliphatic hydroxyl groups excluding tert-OH is 3. The van der Waals surface area contributed by atoms with E-state index < -0.39 is 31.0 Å². The van der Waals surface area contributed by atoms with Gasteiger partial charge in [-0.3, -0.25) is 4.79 Å². The molecule has 0 spiro atoms. The summed E-state index contributed by atoms with van der Waals surface area (Å²) in [7, 11) is 0. The molecule has 0 bridgehead atoms. The van der Waals surface area contributed by atoms with Crippen LogP contribution < -0.4 is 0 Å². The number of rotatable bonds is 4. The predicted octanol–water partition coefficient (Wildman–Crippen LogP) is 2.87. The number of hydrogen-bond acceptors (Lipinski definition) is 5. The average molecular weight is 409 g/mol. The molecule has 4 N–H and O–H groups in total. The van der Waals surface area contributed by atoms with Crippen LogP contribution in [0.25, 0.3) is 10.9 Å². The highest BCUT2D eigenvalue weighted by molar-refractivity contribution is 6.44. The number of halogens is 3. The van der Waals surface area contributed by atoms with E-state index in [2.05, 4.69) is 4.98 Å². The van der Waals surface area contributed by atoms with Crippen LogP contribution in [0.3, 0.4) is 0 Å². The van der Waals surface area contributed by atoms with Crippen LogP contribution in [0, 0.1) is 0 Å². The fraction of sp³-hybridized carbons (Fsp3) is 0.438. The van der Waals surface area contributed by atoms with Crippen LogP contribution in [-0.2, 0) is 4.74 Å². The van der Waals surface area contributed by atoms with E-state index in [-0.39, 0.29) is 38.5 Å². The fourth-order valence-electron chi connectivity index (χ4n) is 3.15. The first kappa shape index (κ1) is 18.9. The number of aromatic amines is 1. The number of benzene rings is 1. The van der Waals surface area contributed by atoms with E-state index in [4.69, 9.17) is 39.5 Å². The molecular weight excluding hydrogens is 393 g/mol. The van der Waals surface area contributed by atoms with Gasteiger partial charge in [-0.15, -0.1) is 0 Å². The lowest BCUT2D eigenvalue weighted by atomic mass is 9.95. The summed E-state index contributed by atoms with van der Waals surface area (Å²) in [6.07, 6.45) is -4.50. The van der Waals surface area contributed by atoms with Crippen molar-refractivity contribution in [1.29, 1.82) is 0 Å². The van der Waals surface area contributed by atoms with Gasteiger partial charge in [-0.25, -0.2) is 0 Å². The molecule has 136 valence electrons. The molecule has 4 atom stereocenters. The molecule has 1 aliphatic heterocycles. The molecular formula is C16H16Cl3NO5. The maximum Gasteiger partial charge on any atom is 0.166 e. The van der Waals surface area contributed by atoms with Gasteiger partial charge in [-0.2, -0.15) is 0 Å². The number of carbonyl (C=O) groups is 1. The van der Waals surface area contributed by atoms with Gasteiger partial charge in [0.1, 0.15) is 29.6 Å². The van der Waals surface area contributed by atoms with Gasteiger partial charge in [-0.05, 0) is 6.07 Å². The fourth-order valence-corrected chi connectivity index (χ4v) is 3.92. The van der Waals surface area contributed by atoms with Crippen molar-refractivity contribution in [2.45, 2.75) is 37.8 Å². The Balaban J connectivity index is 2.30. The van der Waals surface area contributed by atoms with Gasteiger partial charge < -0.3 is 25.0 Å². The van der Waals surface area contributed by atoms with Crippen molar-refractivity contribution in [3.63, 3.8) is 0 Å². The zero-order chi connectivity index (χ0) is 18.5. The molecule has 2 aromatic rings. The summed E-state index contributed by atoms with van der Waals surface area (Å²) in [5, 5.41) is 30.5. The number of fused-ring (bicyclic) bond motifs is 1. The summed E-state index contributed by atoms with van der Waals surface area (Å²) in [6.45, 7) is 1.21. The zero-order valence-electron chi connectivity index (χ0n) is 13.1. The largest absolute Gasteiger partial charge is 0.394 e. The maximum atomic E-state index is 12.4. The molecule has 0 amide bonds. The van der Waals surface area contributed by atoms with E-state index >= 15 is 0 Å². The van der Waals surface area contributed by atoms with Crippen molar-refractivity contribution in [2.24, 2.45) is 0 Å². The Hall–Kier alpha value is -0.860. The second-order valence-electron chi connectivity index (χ2n) is 5.86. The Kier molecular flexibility index (Phi) is 5.33. The van der Waals surface area contributed by atoms with Crippen molar-refractivity contribution >= 4 is 51.5 Å². The predicted molar refractivity (Wildman–Crippen MR) is 94.7 cm³/mol. The molecule has 1 fully saturated rings. The van der Waals surface area contributed by atoms with Crippen molar-refractivity contribution in [1.82, 2.24) is 4.98 Å². The Labute approximate surface area is 158 Å². The lowest BCUT2D eigenvalue weighted by molar-refractivity contribution is -0.0223. The SMILES string of the molecule is CCC(=O)c1c(Cl)[nH]c2cc(Cl)c(Cl)c([C@@H]3O[C@H](CO)[C@@H](O)[C@H]3O)c12. The number of aromatic nitrogens is 1. The van der Waals surface area contributed by atoms with Gasteiger partial charge in [0, 0.05) is 22.9 Å². The lowest BCUT2D eigenvalue weighted by Crippen LogP contribution is -2.32. The molecule has 0 radical (unpaired) electrons. The monoisotopic (exact) mass is 407 g/mol. The van der Waals surface area contributed by atoms with E-state index in [0.29, 0.717) is 10.9 Å². The van der Waals surface area contributed by atoms with Crippen LogP contribution in [0.5, 0.6) is 0 Å². The minimum absolute atomic E-state index is 0.0878. The first-order valence-electron chi connectivity index (χ1n) is 7.66. The van der Waals surface area contributed by atoms with Crippen LogP contribution in [0.2, 0.25) is 15.2 Å². The van der Waals surface area contributed by atoms with Gasteiger partial charge in [0.2, 0.25) is 0 Å². The molecule has 1 saturated heterocycles. The Morgan fingerprint density at radius 2 is 1.96 bits per heavy atom. The van der Waals surface area contributed by atoms with Gasteiger partial charge in [-0.1, -0.05) is 41.7 Å². The molecule has 3 rings (SSSR count). The second kappa shape index (κ2) is 7.04. The van der Waals surface area contributed by atoms with E-state index in [1.165, 1.54) is 6.07 Å². The molecule has 1 aromatic heterocycles. The molecule has 0 aliphatic carbocycles. The molecule has 1 aliphatic rings. The van der Waals surface area contributed by atoms with Gasteiger partial charge in [0.15, 0.2) is 5.78 Å². The van der Waals surface area contributed by atoms with E-state index in [1.54, 1.807) is 6.92 Å². The number of H-pyrrole nitrogens is 1. The lowest BCUT2D eigenvalue weighted by Gasteiger charge is -2.19. The zero-order valence-corrected chi connectivity index (χ0v) is 15.4. The maximum absolute atomic E-state index is 12.4. The second-order valence-corrected chi connectivity index (χ2v) is 7.02. The summed E-state index contributed by atoms with van der Waals surface area (Å²) >= 11 is 18.7. The van der Waals surface area contributed by atoms with Crippen LogP contribution in [-0.4, -0.2) is 51.0 Å². The molecule has 2 heterocycles. The summed E-state index contributed by atoms with van der Waals surface area (Å²) in [5.74, 6) is -0.220. The van der Waals surface area contributed by atoms with Crippen molar-refractivity contribution in [2.75, 3.05) is 6.61 Å². The average Bonchev–Trinajstić information content (AvgIpc) is 3.05. The van der Waals surface area contributed by atoms with Gasteiger partial charge in [0.25, 0.3) is 0 Å². The molecule has 6 nitrogen and oxygen atoms in total. The Bertz CT molecular complexity index is 837. The summed E-state index contributed by atoms with van der Waals surface area (Å²) in [6, 6.07) is 1.53. The summed E-state index contributed by atoms with van der Waals surface area (Å²) < 4.78 is 5.58. The molecule has 0 unspecified atom stereocenters.